The van der Waals surface area contributed by atoms with Crippen molar-refractivity contribution in [3.8, 4) is 0 Å². The molecule has 0 atom stereocenters. The number of anilines is 1. The number of rotatable bonds is 2. The molecule has 17 heavy (non-hydrogen) atoms. The highest BCUT2D eigenvalue weighted by Crippen LogP contribution is 2.20. The van der Waals surface area contributed by atoms with Gasteiger partial charge in [-0.25, -0.2) is 4.98 Å². The van der Waals surface area contributed by atoms with Gasteiger partial charge in [0.15, 0.2) is 0 Å². The summed E-state index contributed by atoms with van der Waals surface area (Å²) >= 11 is 0. The highest BCUT2D eigenvalue weighted by atomic mass is 16.1. The number of amides is 1. The lowest BCUT2D eigenvalue weighted by Crippen LogP contribution is -2.40. The predicted octanol–water partition coefficient (Wildman–Crippen LogP) is -0.268. The normalized spacial score (nSPS) is 16.9. The molecule has 0 saturated carbocycles. The Labute approximate surface area is 99.1 Å². The Balaban J connectivity index is 2.00. The Morgan fingerprint density at radius 2 is 2.24 bits per heavy atom. The molecule has 0 aromatic carbocycles. The minimum absolute atomic E-state index is 0.0817. The molecule has 6 heteroatoms. The maximum Gasteiger partial charge on any atom is 0.252 e. The van der Waals surface area contributed by atoms with Gasteiger partial charge in [0, 0.05) is 32.1 Å². The fraction of sp³-hybridized carbons (Fsp3) is 0.545. The second-order valence-corrected chi connectivity index (χ2v) is 4.14. The number of nitrogens with zero attached hydrogens (tertiary/aromatic N) is 2. The number of nitrogens with one attached hydrogen (secondary N) is 2. The van der Waals surface area contributed by atoms with E-state index in [0.29, 0.717) is 5.82 Å². The molecule has 1 aromatic rings. The number of hydrogen-bond acceptors (Lipinski definition) is 4. The quantitative estimate of drug-likeness (QED) is 0.741. The third-order valence-electron chi connectivity index (χ3n) is 3.10. The summed E-state index contributed by atoms with van der Waals surface area (Å²) in [5, 5.41) is 2.67. The Kier molecular flexibility index (Phi) is 3.41. The predicted molar refractivity (Wildman–Crippen MR) is 63.9 cm³/mol. The van der Waals surface area contributed by atoms with E-state index in [1.165, 1.54) is 12.4 Å². The molecule has 1 aliphatic rings. The zero-order valence-corrected chi connectivity index (χ0v) is 9.77. The van der Waals surface area contributed by atoms with Gasteiger partial charge in [0.05, 0.1) is 6.33 Å². The van der Waals surface area contributed by atoms with Crippen molar-refractivity contribution in [1.82, 2.24) is 15.3 Å². The number of carbonyl (C=O) groups excluding carboxylic acids is 1. The topological polar surface area (TPSA) is 78.1 Å². The summed E-state index contributed by atoms with van der Waals surface area (Å²) in [6.45, 7) is 1.52. The molecular weight excluding hydrogens is 220 g/mol. The maximum atomic E-state index is 11.5. The zero-order valence-electron chi connectivity index (χ0n) is 9.77. The van der Waals surface area contributed by atoms with Crippen molar-refractivity contribution >= 4 is 11.7 Å². The van der Waals surface area contributed by atoms with Crippen molar-refractivity contribution in [2.24, 2.45) is 5.92 Å². The molecule has 0 spiro atoms. The average molecular weight is 236 g/mol. The molecule has 6 nitrogen and oxygen atoms in total. The molecule has 92 valence electrons. The van der Waals surface area contributed by atoms with Crippen molar-refractivity contribution in [2.45, 2.75) is 12.8 Å². The molecular formula is C11H16N4O2. The van der Waals surface area contributed by atoms with Gasteiger partial charge in [0.2, 0.25) is 5.91 Å². The summed E-state index contributed by atoms with van der Waals surface area (Å²) in [6, 6.07) is 1.49. The van der Waals surface area contributed by atoms with Crippen LogP contribution in [0.4, 0.5) is 5.82 Å². The van der Waals surface area contributed by atoms with Crippen LogP contribution in [-0.4, -0.2) is 36.0 Å². The highest BCUT2D eigenvalue weighted by molar-refractivity contribution is 5.78. The van der Waals surface area contributed by atoms with E-state index in [1.807, 2.05) is 4.90 Å². The largest absolute Gasteiger partial charge is 0.359 e. The lowest BCUT2D eigenvalue weighted by atomic mass is 9.96. The van der Waals surface area contributed by atoms with E-state index >= 15 is 0 Å². The number of hydrogen-bond donors (Lipinski definition) is 2. The van der Waals surface area contributed by atoms with Crippen LogP contribution in [0.1, 0.15) is 12.8 Å². The Hall–Kier alpha value is -1.85. The van der Waals surface area contributed by atoms with Crippen molar-refractivity contribution < 1.29 is 4.79 Å². The van der Waals surface area contributed by atoms with Crippen LogP contribution in [0.2, 0.25) is 0 Å². The van der Waals surface area contributed by atoms with E-state index in [0.717, 1.165) is 25.9 Å². The molecule has 2 heterocycles. The summed E-state index contributed by atoms with van der Waals surface area (Å²) in [7, 11) is 1.66. The number of aromatic nitrogens is 2. The first-order valence-corrected chi connectivity index (χ1v) is 5.72. The van der Waals surface area contributed by atoms with E-state index in [9.17, 15) is 9.59 Å². The third kappa shape index (κ3) is 2.64. The van der Waals surface area contributed by atoms with Crippen LogP contribution >= 0.6 is 0 Å². The molecule has 1 fully saturated rings. The monoisotopic (exact) mass is 236 g/mol. The molecule has 1 aliphatic heterocycles. The van der Waals surface area contributed by atoms with E-state index in [2.05, 4.69) is 15.3 Å². The minimum Gasteiger partial charge on any atom is -0.359 e. The van der Waals surface area contributed by atoms with Crippen LogP contribution in [0.3, 0.4) is 0 Å². The van der Waals surface area contributed by atoms with E-state index in [4.69, 9.17) is 0 Å². The SMILES string of the molecule is CNC(=O)C1CCN(c2cc(=O)[nH]cn2)CC1. The first kappa shape index (κ1) is 11.6. The molecule has 2 N–H and O–H groups in total. The van der Waals surface area contributed by atoms with Crippen molar-refractivity contribution in [1.29, 1.82) is 0 Å². The number of H-pyrrole nitrogens is 1. The van der Waals surface area contributed by atoms with Gasteiger partial charge in [0.1, 0.15) is 5.82 Å². The summed E-state index contributed by atoms with van der Waals surface area (Å²) in [6.07, 6.45) is 3.00. The average Bonchev–Trinajstić information content (AvgIpc) is 2.38. The van der Waals surface area contributed by atoms with Gasteiger partial charge >= 0.3 is 0 Å². The van der Waals surface area contributed by atoms with Crippen molar-refractivity contribution in [2.75, 3.05) is 25.0 Å². The molecule has 1 saturated heterocycles. The Morgan fingerprint density at radius 1 is 1.53 bits per heavy atom. The van der Waals surface area contributed by atoms with Gasteiger partial charge in [-0.1, -0.05) is 0 Å². The molecule has 0 radical (unpaired) electrons. The molecule has 0 unspecified atom stereocenters. The van der Waals surface area contributed by atoms with Gasteiger partial charge in [0.25, 0.3) is 5.56 Å². The van der Waals surface area contributed by atoms with E-state index in [1.54, 1.807) is 7.05 Å². The molecule has 0 aliphatic carbocycles. The maximum absolute atomic E-state index is 11.5. The standard InChI is InChI=1S/C11H16N4O2/c1-12-11(17)8-2-4-15(5-3-8)9-6-10(16)14-7-13-9/h6-8H,2-5H2,1H3,(H,12,17)(H,13,14,16). The number of aromatic amines is 1. The molecule has 2 rings (SSSR count). The minimum atomic E-state index is -0.150. The summed E-state index contributed by atoms with van der Waals surface area (Å²) < 4.78 is 0. The van der Waals surface area contributed by atoms with Gasteiger partial charge in [-0.05, 0) is 12.8 Å². The van der Waals surface area contributed by atoms with Crippen molar-refractivity contribution in [3.63, 3.8) is 0 Å². The summed E-state index contributed by atoms with van der Waals surface area (Å²) in [4.78, 5) is 31.3. The van der Waals surface area contributed by atoms with Crippen LogP contribution < -0.4 is 15.8 Å². The lowest BCUT2D eigenvalue weighted by molar-refractivity contribution is -0.125. The molecule has 0 bridgehead atoms. The second-order valence-electron chi connectivity index (χ2n) is 4.14. The number of piperidine rings is 1. The summed E-state index contributed by atoms with van der Waals surface area (Å²) in [5.41, 5.74) is -0.150. The van der Waals surface area contributed by atoms with Gasteiger partial charge in [-0.15, -0.1) is 0 Å². The van der Waals surface area contributed by atoms with Crippen LogP contribution in [0, 0.1) is 5.92 Å². The lowest BCUT2D eigenvalue weighted by Gasteiger charge is -2.31. The van der Waals surface area contributed by atoms with Crippen LogP contribution in [-0.2, 0) is 4.79 Å². The smallest absolute Gasteiger partial charge is 0.252 e. The first-order chi connectivity index (χ1) is 8.20. The Bertz CT molecular complexity index is 449. The fourth-order valence-electron chi connectivity index (χ4n) is 2.11. The Morgan fingerprint density at radius 3 is 2.82 bits per heavy atom. The van der Waals surface area contributed by atoms with E-state index < -0.39 is 0 Å². The van der Waals surface area contributed by atoms with Gasteiger partial charge in [-0.2, -0.15) is 0 Å². The highest BCUT2D eigenvalue weighted by Gasteiger charge is 2.24. The first-order valence-electron chi connectivity index (χ1n) is 5.72. The second kappa shape index (κ2) is 4.99. The van der Waals surface area contributed by atoms with Crippen LogP contribution in [0.5, 0.6) is 0 Å². The third-order valence-corrected chi connectivity index (χ3v) is 3.10. The zero-order chi connectivity index (χ0) is 12.3. The summed E-state index contributed by atoms with van der Waals surface area (Å²) in [5.74, 6) is 0.867. The van der Waals surface area contributed by atoms with Crippen LogP contribution in [0.25, 0.3) is 0 Å². The van der Waals surface area contributed by atoms with E-state index in [-0.39, 0.29) is 17.4 Å². The fourth-order valence-corrected chi connectivity index (χ4v) is 2.11. The molecule has 1 aromatic heterocycles. The van der Waals surface area contributed by atoms with Crippen LogP contribution in [0.15, 0.2) is 17.2 Å². The van der Waals surface area contributed by atoms with Crippen molar-refractivity contribution in [3.05, 3.63) is 22.7 Å². The molecule has 1 amide bonds. The van der Waals surface area contributed by atoms with Gasteiger partial charge in [-0.3, -0.25) is 9.59 Å². The van der Waals surface area contributed by atoms with Gasteiger partial charge < -0.3 is 15.2 Å². The number of carbonyl (C=O) groups is 1.